The van der Waals surface area contributed by atoms with Crippen LogP contribution in [0.25, 0.3) is 11.3 Å². The molecule has 0 unspecified atom stereocenters. The van der Waals surface area contributed by atoms with Crippen molar-refractivity contribution in [3.63, 3.8) is 0 Å². The second-order valence-electron chi connectivity index (χ2n) is 3.29. The molecule has 17 heavy (non-hydrogen) atoms. The smallest absolute Gasteiger partial charge is 0.375 e. The number of hydrogen-bond donors (Lipinski definition) is 0. The van der Waals surface area contributed by atoms with E-state index in [9.17, 15) is 13.6 Å². The standard InChI is InChI=1S/C12H8F2O3/c1-16-8-4-2-7(3-5-8)10-6-9(13)11(14)12(15)17-10/h2-6H,1H3. The van der Waals surface area contributed by atoms with Gasteiger partial charge in [-0.25, -0.2) is 9.18 Å². The summed E-state index contributed by atoms with van der Waals surface area (Å²) in [4.78, 5) is 11.0. The molecule has 0 spiro atoms. The third-order valence-electron chi connectivity index (χ3n) is 2.22. The Morgan fingerprint density at radius 2 is 1.82 bits per heavy atom. The van der Waals surface area contributed by atoms with Crippen LogP contribution in [-0.4, -0.2) is 7.11 Å². The third-order valence-corrected chi connectivity index (χ3v) is 2.22. The number of halogens is 2. The van der Waals surface area contributed by atoms with Crippen LogP contribution in [0.1, 0.15) is 0 Å². The average molecular weight is 238 g/mol. The molecule has 0 saturated carbocycles. The Bertz CT molecular complexity index is 588. The Hall–Kier alpha value is -2.17. The predicted molar refractivity (Wildman–Crippen MR) is 56.9 cm³/mol. The van der Waals surface area contributed by atoms with Crippen LogP contribution in [0, 0.1) is 11.6 Å². The summed E-state index contributed by atoms with van der Waals surface area (Å²) in [6.07, 6.45) is 0. The first kappa shape index (κ1) is 11.3. The van der Waals surface area contributed by atoms with Crippen LogP contribution >= 0.6 is 0 Å². The van der Waals surface area contributed by atoms with Crippen LogP contribution in [0.4, 0.5) is 8.78 Å². The first-order valence-corrected chi connectivity index (χ1v) is 4.75. The number of methoxy groups -OCH3 is 1. The Labute approximate surface area is 95.3 Å². The molecular weight excluding hydrogens is 230 g/mol. The van der Waals surface area contributed by atoms with Crippen molar-refractivity contribution in [1.29, 1.82) is 0 Å². The zero-order chi connectivity index (χ0) is 12.4. The molecule has 0 saturated heterocycles. The average Bonchev–Trinajstić information content (AvgIpc) is 2.35. The molecule has 0 aliphatic carbocycles. The highest BCUT2D eigenvalue weighted by Crippen LogP contribution is 2.22. The minimum atomic E-state index is -1.51. The number of ether oxygens (including phenoxy) is 1. The summed E-state index contributed by atoms with van der Waals surface area (Å²) < 4.78 is 35.3. The maximum atomic E-state index is 13.0. The van der Waals surface area contributed by atoms with Gasteiger partial charge in [0.15, 0.2) is 5.82 Å². The summed E-state index contributed by atoms with van der Waals surface area (Å²) in [7, 11) is 1.51. The highest BCUT2D eigenvalue weighted by atomic mass is 19.2. The van der Waals surface area contributed by atoms with Gasteiger partial charge in [-0.3, -0.25) is 0 Å². The van der Waals surface area contributed by atoms with Crippen molar-refractivity contribution in [2.45, 2.75) is 0 Å². The molecule has 1 aromatic heterocycles. The molecule has 0 N–H and O–H groups in total. The molecule has 5 heteroatoms. The molecular formula is C12H8F2O3. The maximum Gasteiger partial charge on any atom is 0.375 e. The molecule has 0 atom stereocenters. The fourth-order valence-electron chi connectivity index (χ4n) is 1.35. The van der Waals surface area contributed by atoms with Gasteiger partial charge in [0, 0.05) is 11.6 Å². The van der Waals surface area contributed by atoms with Crippen molar-refractivity contribution in [2.75, 3.05) is 7.11 Å². The molecule has 3 nitrogen and oxygen atoms in total. The zero-order valence-corrected chi connectivity index (χ0v) is 8.87. The van der Waals surface area contributed by atoms with Crippen molar-refractivity contribution in [2.24, 2.45) is 0 Å². The minimum absolute atomic E-state index is 0.0310. The summed E-state index contributed by atoms with van der Waals surface area (Å²) in [6, 6.07) is 7.23. The van der Waals surface area contributed by atoms with E-state index in [1.165, 1.54) is 7.11 Å². The summed E-state index contributed by atoms with van der Waals surface area (Å²) >= 11 is 0. The molecule has 0 fully saturated rings. The summed E-state index contributed by atoms with van der Waals surface area (Å²) in [5, 5.41) is 0. The zero-order valence-electron chi connectivity index (χ0n) is 8.87. The van der Waals surface area contributed by atoms with Gasteiger partial charge in [0.1, 0.15) is 11.5 Å². The first-order valence-electron chi connectivity index (χ1n) is 4.75. The van der Waals surface area contributed by atoms with Gasteiger partial charge >= 0.3 is 5.63 Å². The molecule has 2 rings (SSSR count). The van der Waals surface area contributed by atoms with E-state index in [2.05, 4.69) is 4.42 Å². The third kappa shape index (κ3) is 2.18. The topological polar surface area (TPSA) is 39.4 Å². The normalized spacial score (nSPS) is 10.3. The van der Waals surface area contributed by atoms with Crippen LogP contribution < -0.4 is 10.4 Å². The molecule has 0 aliphatic heterocycles. The lowest BCUT2D eigenvalue weighted by atomic mass is 10.1. The van der Waals surface area contributed by atoms with Crippen molar-refractivity contribution in [1.82, 2.24) is 0 Å². The molecule has 0 aliphatic rings. The fourth-order valence-corrected chi connectivity index (χ4v) is 1.35. The largest absolute Gasteiger partial charge is 0.497 e. The molecule has 0 bridgehead atoms. The Morgan fingerprint density at radius 3 is 2.35 bits per heavy atom. The Morgan fingerprint density at radius 1 is 1.18 bits per heavy atom. The summed E-state index contributed by atoms with van der Waals surface area (Å²) in [5.74, 6) is -2.16. The van der Waals surface area contributed by atoms with E-state index in [0.29, 0.717) is 11.3 Å². The molecule has 0 amide bonds. The van der Waals surface area contributed by atoms with Crippen LogP contribution in [0.5, 0.6) is 5.75 Å². The van der Waals surface area contributed by atoms with Crippen molar-refractivity contribution in [3.8, 4) is 17.1 Å². The SMILES string of the molecule is COc1ccc(-c2cc(F)c(F)c(=O)o2)cc1. The van der Waals surface area contributed by atoms with Crippen LogP contribution in [0.15, 0.2) is 39.5 Å². The van der Waals surface area contributed by atoms with Crippen LogP contribution in [-0.2, 0) is 0 Å². The minimum Gasteiger partial charge on any atom is -0.497 e. The monoisotopic (exact) mass is 238 g/mol. The molecule has 1 aromatic carbocycles. The molecule has 2 aromatic rings. The number of rotatable bonds is 2. The molecule has 1 heterocycles. The maximum absolute atomic E-state index is 13.0. The molecule has 88 valence electrons. The van der Waals surface area contributed by atoms with E-state index in [0.717, 1.165) is 6.07 Å². The highest BCUT2D eigenvalue weighted by molar-refractivity contribution is 5.58. The lowest BCUT2D eigenvalue weighted by molar-refractivity contribution is 0.413. The Kier molecular flexibility index (Phi) is 2.91. The summed E-state index contributed by atoms with van der Waals surface area (Å²) in [6.45, 7) is 0. The van der Waals surface area contributed by atoms with E-state index in [4.69, 9.17) is 4.74 Å². The molecule has 0 radical (unpaired) electrons. The first-order chi connectivity index (χ1) is 8.11. The van der Waals surface area contributed by atoms with Gasteiger partial charge in [-0.05, 0) is 24.3 Å². The van der Waals surface area contributed by atoms with E-state index in [-0.39, 0.29) is 5.76 Å². The van der Waals surface area contributed by atoms with Gasteiger partial charge in [-0.1, -0.05) is 0 Å². The summed E-state index contributed by atoms with van der Waals surface area (Å²) in [5.41, 5.74) is -0.863. The second-order valence-corrected chi connectivity index (χ2v) is 3.29. The Balaban J connectivity index is 2.49. The van der Waals surface area contributed by atoms with E-state index in [1.807, 2.05) is 0 Å². The predicted octanol–water partition coefficient (Wildman–Crippen LogP) is 2.59. The van der Waals surface area contributed by atoms with Gasteiger partial charge in [-0.15, -0.1) is 0 Å². The van der Waals surface area contributed by atoms with Crippen molar-refractivity contribution < 1.29 is 17.9 Å². The van der Waals surface area contributed by atoms with Gasteiger partial charge < -0.3 is 9.15 Å². The van der Waals surface area contributed by atoms with Gasteiger partial charge in [0.05, 0.1) is 7.11 Å². The second kappa shape index (κ2) is 4.37. The van der Waals surface area contributed by atoms with Gasteiger partial charge in [-0.2, -0.15) is 4.39 Å². The van der Waals surface area contributed by atoms with Gasteiger partial charge in [0.2, 0.25) is 5.82 Å². The number of benzene rings is 1. The highest BCUT2D eigenvalue weighted by Gasteiger charge is 2.12. The van der Waals surface area contributed by atoms with Gasteiger partial charge in [0.25, 0.3) is 0 Å². The van der Waals surface area contributed by atoms with Crippen molar-refractivity contribution in [3.05, 3.63) is 52.4 Å². The number of hydrogen-bond acceptors (Lipinski definition) is 3. The van der Waals surface area contributed by atoms with Crippen LogP contribution in [0.2, 0.25) is 0 Å². The van der Waals surface area contributed by atoms with E-state index < -0.39 is 17.3 Å². The quantitative estimate of drug-likeness (QED) is 0.807. The van der Waals surface area contributed by atoms with Crippen molar-refractivity contribution >= 4 is 0 Å². The lowest BCUT2D eigenvalue weighted by Crippen LogP contribution is -2.07. The lowest BCUT2D eigenvalue weighted by Gasteiger charge is -2.02. The van der Waals surface area contributed by atoms with E-state index in [1.54, 1.807) is 24.3 Å². The van der Waals surface area contributed by atoms with E-state index >= 15 is 0 Å². The van der Waals surface area contributed by atoms with Crippen LogP contribution in [0.3, 0.4) is 0 Å². The fraction of sp³-hybridized carbons (Fsp3) is 0.0833.